The number of amides is 1. The zero-order valence-corrected chi connectivity index (χ0v) is 15.0. The van der Waals surface area contributed by atoms with Crippen molar-refractivity contribution in [2.24, 2.45) is 0 Å². The Bertz CT molecular complexity index is 830. The molecule has 0 bridgehead atoms. The molecule has 1 aromatic heterocycles. The van der Waals surface area contributed by atoms with Crippen LogP contribution in [0.2, 0.25) is 0 Å². The van der Waals surface area contributed by atoms with Crippen LogP contribution >= 0.6 is 0 Å². The van der Waals surface area contributed by atoms with Crippen LogP contribution in [0, 0.1) is 6.92 Å². The zero-order chi connectivity index (χ0) is 20.2. The van der Waals surface area contributed by atoms with Crippen molar-refractivity contribution < 1.29 is 31.9 Å². The summed E-state index contributed by atoms with van der Waals surface area (Å²) in [5.74, 6) is -0.329. The average Bonchev–Trinajstić information content (AvgIpc) is 2.93. The number of hydrogen-bond acceptors (Lipinski definition) is 5. The molecule has 1 N–H and O–H groups in total. The summed E-state index contributed by atoms with van der Waals surface area (Å²) in [7, 11) is 2.86. The highest BCUT2D eigenvalue weighted by molar-refractivity contribution is 5.93. The molecule has 0 unspecified atom stereocenters. The quantitative estimate of drug-likeness (QED) is 0.773. The van der Waals surface area contributed by atoms with Crippen molar-refractivity contribution in [3.8, 4) is 0 Å². The van der Waals surface area contributed by atoms with Gasteiger partial charge in [0.2, 0.25) is 5.91 Å². The molecule has 1 heterocycles. The standard InChI is InChI=1S/C18H19F3N2O4/c1-11-13(17(25)26-3)8-12(27-11)9-23(2)10-16(24)22-15-7-5-4-6-14(15)18(19,20)21/h4-8H,9-10H2,1-3H3,(H,22,24). The molecule has 1 amide bonds. The van der Waals surface area contributed by atoms with Crippen molar-refractivity contribution in [2.45, 2.75) is 19.6 Å². The first-order chi connectivity index (χ1) is 12.6. The van der Waals surface area contributed by atoms with Crippen molar-refractivity contribution in [2.75, 3.05) is 26.0 Å². The molecule has 0 fully saturated rings. The number of esters is 1. The first kappa shape index (κ1) is 20.5. The predicted octanol–water partition coefficient (Wildman–Crippen LogP) is 3.46. The number of ether oxygens (including phenoxy) is 1. The van der Waals surface area contributed by atoms with Gasteiger partial charge in [0.15, 0.2) is 0 Å². The number of anilines is 1. The van der Waals surface area contributed by atoms with Crippen LogP contribution < -0.4 is 5.32 Å². The highest BCUT2D eigenvalue weighted by atomic mass is 19.4. The summed E-state index contributed by atoms with van der Waals surface area (Å²) in [6, 6.07) is 6.27. The van der Waals surface area contributed by atoms with Crippen molar-refractivity contribution in [3.63, 3.8) is 0 Å². The highest BCUT2D eigenvalue weighted by Gasteiger charge is 2.33. The van der Waals surface area contributed by atoms with Gasteiger partial charge in [0.05, 0.1) is 31.5 Å². The van der Waals surface area contributed by atoms with E-state index in [1.807, 2.05) is 0 Å². The van der Waals surface area contributed by atoms with E-state index in [-0.39, 0.29) is 24.3 Å². The molecule has 0 aliphatic heterocycles. The van der Waals surface area contributed by atoms with Crippen LogP contribution in [-0.2, 0) is 22.3 Å². The molecule has 0 radical (unpaired) electrons. The molecule has 0 aliphatic rings. The maximum absolute atomic E-state index is 13.0. The van der Waals surface area contributed by atoms with Crippen molar-refractivity contribution in [1.29, 1.82) is 0 Å². The number of aryl methyl sites for hydroxylation is 1. The lowest BCUT2D eigenvalue weighted by Crippen LogP contribution is -2.30. The molecule has 2 rings (SSSR count). The van der Waals surface area contributed by atoms with E-state index >= 15 is 0 Å². The third-order valence-corrected chi connectivity index (χ3v) is 3.72. The second kappa shape index (κ2) is 8.26. The van der Waals surface area contributed by atoms with Gasteiger partial charge in [-0.1, -0.05) is 12.1 Å². The summed E-state index contributed by atoms with van der Waals surface area (Å²) in [6.45, 7) is 1.63. The van der Waals surface area contributed by atoms with Gasteiger partial charge in [-0.2, -0.15) is 13.2 Å². The van der Waals surface area contributed by atoms with E-state index in [1.54, 1.807) is 18.9 Å². The van der Waals surface area contributed by atoms with Gasteiger partial charge in [-0.25, -0.2) is 4.79 Å². The molecule has 0 saturated heterocycles. The summed E-state index contributed by atoms with van der Waals surface area (Å²) >= 11 is 0. The van der Waals surface area contributed by atoms with Crippen LogP contribution in [0.3, 0.4) is 0 Å². The van der Waals surface area contributed by atoms with E-state index in [0.29, 0.717) is 11.5 Å². The molecular weight excluding hydrogens is 365 g/mol. The fourth-order valence-electron chi connectivity index (χ4n) is 2.53. The Kier molecular flexibility index (Phi) is 6.27. The zero-order valence-electron chi connectivity index (χ0n) is 15.0. The van der Waals surface area contributed by atoms with E-state index in [1.165, 1.54) is 31.4 Å². The molecule has 9 heteroatoms. The number of rotatable bonds is 6. The van der Waals surface area contributed by atoms with Crippen LogP contribution in [0.25, 0.3) is 0 Å². The Hall–Kier alpha value is -2.81. The summed E-state index contributed by atoms with van der Waals surface area (Å²) in [6.07, 6.45) is -4.56. The predicted molar refractivity (Wildman–Crippen MR) is 91.2 cm³/mol. The summed E-state index contributed by atoms with van der Waals surface area (Å²) < 4.78 is 49.0. The van der Waals surface area contributed by atoms with Crippen molar-refractivity contribution in [1.82, 2.24) is 4.90 Å². The number of nitrogens with one attached hydrogen (secondary N) is 1. The van der Waals surface area contributed by atoms with Gasteiger partial charge >= 0.3 is 12.1 Å². The Morgan fingerprint density at radius 1 is 1.26 bits per heavy atom. The number of methoxy groups -OCH3 is 1. The Morgan fingerprint density at radius 3 is 2.56 bits per heavy atom. The number of nitrogens with zero attached hydrogens (tertiary/aromatic N) is 1. The topological polar surface area (TPSA) is 71.8 Å². The van der Waals surface area contributed by atoms with Gasteiger partial charge < -0.3 is 14.5 Å². The molecular formula is C18H19F3N2O4. The highest BCUT2D eigenvalue weighted by Crippen LogP contribution is 2.34. The van der Waals surface area contributed by atoms with Crippen LogP contribution in [0.5, 0.6) is 0 Å². The fraction of sp³-hybridized carbons (Fsp3) is 0.333. The molecule has 0 aliphatic carbocycles. The second-order valence-electron chi connectivity index (χ2n) is 5.94. The van der Waals surface area contributed by atoms with Gasteiger partial charge in [-0.05, 0) is 32.2 Å². The fourth-order valence-corrected chi connectivity index (χ4v) is 2.53. The van der Waals surface area contributed by atoms with Crippen LogP contribution in [0.15, 0.2) is 34.7 Å². The lowest BCUT2D eigenvalue weighted by atomic mass is 10.1. The number of carbonyl (C=O) groups is 2. The number of alkyl halides is 3. The van der Waals surface area contributed by atoms with Gasteiger partial charge in [0.25, 0.3) is 0 Å². The van der Waals surface area contributed by atoms with Crippen molar-refractivity contribution >= 4 is 17.6 Å². The van der Waals surface area contributed by atoms with Crippen molar-refractivity contribution in [3.05, 3.63) is 53.0 Å². The first-order valence-corrected chi connectivity index (χ1v) is 7.94. The normalized spacial score (nSPS) is 11.5. The Labute approximate surface area is 153 Å². The lowest BCUT2D eigenvalue weighted by molar-refractivity contribution is -0.137. The number of carbonyl (C=O) groups excluding carboxylic acids is 2. The van der Waals surface area contributed by atoms with E-state index in [0.717, 1.165) is 6.07 Å². The Morgan fingerprint density at radius 2 is 1.93 bits per heavy atom. The summed E-state index contributed by atoms with van der Waals surface area (Å²) in [5, 5.41) is 2.27. The van der Waals surface area contributed by atoms with Gasteiger partial charge in [-0.3, -0.25) is 9.69 Å². The van der Waals surface area contributed by atoms with Crippen LogP contribution in [-0.4, -0.2) is 37.5 Å². The molecule has 6 nitrogen and oxygen atoms in total. The second-order valence-corrected chi connectivity index (χ2v) is 5.94. The lowest BCUT2D eigenvalue weighted by Gasteiger charge is -2.17. The number of likely N-dealkylation sites (N-methyl/N-ethyl adjacent to an activating group) is 1. The smallest absolute Gasteiger partial charge is 0.418 e. The van der Waals surface area contributed by atoms with E-state index in [9.17, 15) is 22.8 Å². The number of benzene rings is 1. The first-order valence-electron chi connectivity index (χ1n) is 7.94. The molecule has 0 saturated carbocycles. The molecule has 2 aromatic rings. The van der Waals surface area contributed by atoms with E-state index < -0.39 is 23.6 Å². The summed E-state index contributed by atoms with van der Waals surface area (Å²) in [5.41, 5.74) is -0.931. The molecule has 0 atom stereocenters. The molecule has 27 heavy (non-hydrogen) atoms. The number of furan rings is 1. The molecule has 0 spiro atoms. The van der Waals surface area contributed by atoms with Gasteiger partial charge in [0, 0.05) is 0 Å². The monoisotopic (exact) mass is 384 g/mol. The molecule has 146 valence electrons. The third-order valence-electron chi connectivity index (χ3n) is 3.72. The van der Waals surface area contributed by atoms with Crippen LogP contribution in [0.4, 0.5) is 18.9 Å². The maximum Gasteiger partial charge on any atom is 0.418 e. The number of halogens is 3. The molecule has 1 aromatic carbocycles. The van der Waals surface area contributed by atoms with Gasteiger partial charge in [-0.15, -0.1) is 0 Å². The Balaban J connectivity index is 2.00. The minimum Gasteiger partial charge on any atom is -0.465 e. The SMILES string of the molecule is COC(=O)c1cc(CN(C)CC(=O)Nc2ccccc2C(F)(F)F)oc1C. The van der Waals surface area contributed by atoms with Gasteiger partial charge in [0.1, 0.15) is 17.1 Å². The minimum atomic E-state index is -4.56. The van der Waals surface area contributed by atoms with E-state index in [4.69, 9.17) is 4.42 Å². The minimum absolute atomic E-state index is 0.167. The summed E-state index contributed by atoms with van der Waals surface area (Å²) in [4.78, 5) is 25.2. The third kappa shape index (κ3) is 5.33. The van der Waals surface area contributed by atoms with Crippen LogP contribution in [0.1, 0.15) is 27.4 Å². The largest absolute Gasteiger partial charge is 0.465 e. The maximum atomic E-state index is 13.0. The number of hydrogen-bond donors (Lipinski definition) is 1. The van der Waals surface area contributed by atoms with E-state index in [2.05, 4.69) is 10.1 Å². The average molecular weight is 384 g/mol. The number of para-hydroxylation sites is 1.